The highest BCUT2D eigenvalue weighted by Gasteiger charge is 2.37. The fourth-order valence-corrected chi connectivity index (χ4v) is 3.67. The van der Waals surface area contributed by atoms with Crippen molar-refractivity contribution in [1.29, 1.82) is 0 Å². The van der Waals surface area contributed by atoms with Gasteiger partial charge < -0.3 is 9.80 Å². The van der Waals surface area contributed by atoms with E-state index < -0.39 is 11.8 Å². The largest absolute Gasteiger partial charge is 0.339 e. The minimum Gasteiger partial charge on any atom is -0.339 e. The monoisotopic (exact) mass is 392 g/mol. The first-order valence-electron chi connectivity index (χ1n) is 9.48. The van der Waals surface area contributed by atoms with Crippen molar-refractivity contribution in [1.82, 2.24) is 19.7 Å². The molecule has 1 fully saturated rings. The zero-order chi connectivity index (χ0) is 20.4. The first-order chi connectivity index (χ1) is 14.1. The van der Waals surface area contributed by atoms with Crippen molar-refractivity contribution in [3.63, 3.8) is 0 Å². The number of imide groups is 1. The second-order valence-electron chi connectivity index (χ2n) is 7.00. The number of carbonyl (C=O) groups excluding carboxylic acids is 4. The van der Waals surface area contributed by atoms with Crippen LogP contribution in [-0.2, 0) is 4.79 Å². The molecule has 2 aliphatic heterocycles. The van der Waals surface area contributed by atoms with Gasteiger partial charge in [0.05, 0.1) is 11.1 Å². The van der Waals surface area contributed by atoms with Gasteiger partial charge in [0.1, 0.15) is 6.54 Å². The highest BCUT2D eigenvalue weighted by Crippen LogP contribution is 2.22. The fraction of sp³-hybridized carbons (Fsp3) is 0.286. The van der Waals surface area contributed by atoms with Crippen molar-refractivity contribution in [3.8, 4) is 0 Å². The number of pyridine rings is 1. The quantitative estimate of drug-likeness (QED) is 0.729. The summed E-state index contributed by atoms with van der Waals surface area (Å²) in [6.45, 7) is 1.48. The lowest BCUT2D eigenvalue weighted by Crippen LogP contribution is -2.44. The van der Waals surface area contributed by atoms with E-state index in [9.17, 15) is 19.2 Å². The van der Waals surface area contributed by atoms with Crippen LogP contribution in [0.1, 0.15) is 37.5 Å². The third-order valence-electron chi connectivity index (χ3n) is 5.23. The SMILES string of the molecule is O=C(CN1C(=O)c2ccccc2C1=O)N1CCCN(C(=O)c2ccncc2)CC1. The third kappa shape index (κ3) is 3.61. The van der Waals surface area contributed by atoms with Gasteiger partial charge in [0, 0.05) is 44.1 Å². The van der Waals surface area contributed by atoms with E-state index in [1.165, 1.54) is 0 Å². The van der Waals surface area contributed by atoms with Gasteiger partial charge in [-0.25, -0.2) is 0 Å². The van der Waals surface area contributed by atoms with Crippen LogP contribution in [0.3, 0.4) is 0 Å². The van der Waals surface area contributed by atoms with Gasteiger partial charge in [0.2, 0.25) is 5.91 Å². The van der Waals surface area contributed by atoms with Crippen LogP contribution in [0.4, 0.5) is 0 Å². The number of rotatable bonds is 3. The molecule has 0 N–H and O–H groups in total. The van der Waals surface area contributed by atoms with Crippen LogP contribution in [0.5, 0.6) is 0 Å². The van der Waals surface area contributed by atoms with Gasteiger partial charge in [-0.1, -0.05) is 12.1 Å². The van der Waals surface area contributed by atoms with Crippen molar-refractivity contribution in [2.24, 2.45) is 0 Å². The summed E-state index contributed by atoms with van der Waals surface area (Å²) in [5.41, 5.74) is 1.22. The summed E-state index contributed by atoms with van der Waals surface area (Å²) in [5.74, 6) is -1.27. The van der Waals surface area contributed by atoms with E-state index in [-0.39, 0.29) is 18.4 Å². The van der Waals surface area contributed by atoms with Gasteiger partial charge >= 0.3 is 0 Å². The molecule has 1 saturated heterocycles. The minimum absolute atomic E-state index is 0.0953. The molecule has 29 heavy (non-hydrogen) atoms. The zero-order valence-corrected chi connectivity index (χ0v) is 15.8. The molecule has 8 nitrogen and oxygen atoms in total. The topological polar surface area (TPSA) is 90.9 Å². The van der Waals surface area contributed by atoms with Crippen LogP contribution in [0, 0.1) is 0 Å². The number of nitrogens with zero attached hydrogens (tertiary/aromatic N) is 4. The van der Waals surface area contributed by atoms with Crippen LogP contribution in [0.15, 0.2) is 48.8 Å². The number of hydrogen-bond acceptors (Lipinski definition) is 5. The molecule has 0 radical (unpaired) electrons. The molecule has 1 aromatic heterocycles. The first-order valence-corrected chi connectivity index (χ1v) is 9.48. The highest BCUT2D eigenvalue weighted by atomic mass is 16.2. The molecule has 8 heteroatoms. The molecule has 0 spiro atoms. The molecular weight excluding hydrogens is 372 g/mol. The van der Waals surface area contributed by atoms with Crippen molar-refractivity contribution in [2.75, 3.05) is 32.7 Å². The Morgan fingerprint density at radius 3 is 2.07 bits per heavy atom. The van der Waals surface area contributed by atoms with Gasteiger partial charge in [0.15, 0.2) is 0 Å². The van der Waals surface area contributed by atoms with Crippen molar-refractivity contribution in [2.45, 2.75) is 6.42 Å². The molecule has 4 amide bonds. The lowest BCUT2D eigenvalue weighted by atomic mass is 10.1. The Hall–Kier alpha value is -3.55. The molecule has 2 aromatic rings. The second-order valence-corrected chi connectivity index (χ2v) is 7.00. The number of amides is 4. The van der Waals surface area contributed by atoms with E-state index in [0.717, 1.165) is 4.90 Å². The predicted molar refractivity (Wildman–Crippen MR) is 103 cm³/mol. The summed E-state index contributed by atoms with van der Waals surface area (Å²) in [4.78, 5) is 58.6. The van der Waals surface area contributed by atoms with E-state index in [4.69, 9.17) is 0 Å². The predicted octanol–water partition coefficient (Wildman–Crippen LogP) is 1.05. The number of fused-ring (bicyclic) bond motifs is 1. The molecule has 2 aliphatic rings. The van der Waals surface area contributed by atoms with Crippen LogP contribution in [-0.4, -0.2) is 76.0 Å². The minimum atomic E-state index is -0.441. The van der Waals surface area contributed by atoms with Crippen LogP contribution >= 0.6 is 0 Å². The lowest BCUT2D eigenvalue weighted by molar-refractivity contribution is -0.131. The second kappa shape index (κ2) is 7.83. The summed E-state index contributed by atoms with van der Waals surface area (Å²) in [7, 11) is 0. The maximum atomic E-state index is 12.8. The molecule has 4 rings (SSSR count). The van der Waals surface area contributed by atoms with Crippen molar-refractivity contribution in [3.05, 3.63) is 65.5 Å². The molecular formula is C21H20N4O4. The average Bonchev–Trinajstić information content (AvgIpc) is 2.93. The molecule has 0 aliphatic carbocycles. The Labute approximate surface area is 167 Å². The van der Waals surface area contributed by atoms with E-state index in [2.05, 4.69) is 4.98 Å². The van der Waals surface area contributed by atoms with Gasteiger partial charge in [-0.3, -0.25) is 29.1 Å². The average molecular weight is 392 g/mol. The third-order valence-corrected chi connectivity index (χ3v) is 5.23. The Bertz CT molecular complexity index is 941. The summed E-state index contributed by atoms with van der Waals surface area (Å²) >= 11 is 0. The number of hydrogen-bond donors (Lipinski definition) is 0. The van der Waals surface area contributed by atoms with E-state index >= 15 is 0 Å². The van der Waals surface area contributed by atoms with E-state index in [0.29, 0.717) is 49.3 Å². The van der Waals surface area contributed by atoms with E-state index in [1.54, 1.807) is 58.6 Å². The Balaban J connectivity index is 1.39. The van der Waals surface area contributed by atoms with Gasteiger partial charge in [0.25, 0.3) is 17.7 Å². The fourth-order valence-electron chi connectivity index (χ4n) is 3.67. The Morgan fingerprint density at radius 2 is 1.41 bits per heavy atom. The highest BCUT2D eigenvalue weighted by molar-refractivity contribution is 6.22. The number of aromatic nitrogens is 1. The molecule has 0 saturated carbocycles. The van der Waals surface area contributed by atoms with E-state index in [1.807, 2.05) is 0 Å². The first kappa shape index (κ1) is 18.8. The van der Waals surface area contributed by atoms with Crippen LogP contribution in [0.25, 0.3) is 0 Å². The van der Waals surface area contributed by atoms with Gasteiger partial charge in [-0.2, -0.15) is 0 Å². The lowest BCUT2D eigenvalue weighted by Gasteiger charge is -2.24. The standard InChI is InChI=1S/C21H20N4O4/c26-18(14-25-20(28)16-4-1-2-5-17(16)21(25)29)23-10-3-11-24(13-12-23)19(27)15-6-8-22-9-7-15/h1-2,4-9H,3,10-14H2. The van der Waals surface area contributed by atoms with Crippen LogP contribution in [0.2, 0.25) is 0 Å². The molecule has 148 valence electrons. The summed E-state index contributed by atoms with van der Waals surface area (Å²) in [5, 5.41) is 0. The number of carbonyl (C=O) groups is 4. The van der Waals surface area contributed by atoms with Gasteiger partial charge in [-0.15, -0.1) is 0 Å². The summed E-state index contributed by atoms with van der Waals surface area (Å²) in [6.07, 6.45) is 3.77. The smallest absolute Gasteiger partial charge is 0.262 e. The van der Waals surface area contributed by atoms with Gasteiger partial charge in [-0.05, 0) is 30.7 Å². The van der Waals surface area contributed by atoms with Crippen LogP contribution < -0.4 is 0 Å². The maximum Gasteiger partial charge on any atom is 0.262 e. The maximum absolute atomic E-state index is 12.8. The molecule has 0 atom stereocenters. The van der Waals surface area contributed by atoms with Crippen molar-refractivity contribution >= 4 is 23.6 Å². The normalized spacial score (nSPS) is 16.6. The summed E-state index contributed by atoms with van der Waals surface area (Å²) in [6, 6.07) is 9.90. The molecule has 0 unspecified atom stereocenters. The zero-order valence-electron chi connectivity index (χ0n) is 15.8. The molecule has 1 aromatic carbocycles. The Morgan fingerprint density at radius 1 is 0.828 bits per heavy atom. The Kier molecular flexibility index (Phi) is 5.07. The molecule has 0 bridgehead atoms. The molecule has 3 heterocycles. The number of benzene rings is 1. The summed E-state index contributed by atoms with van der Waals surface area (Å²) < 4.78 is 0. The van der Waals surface area contributed by atoms with Crippen molar-refractivity contribution < 1.29 is 19.2 Å².